The maximum absolute atomic E-state index is 12.1. The normalized spacial score (nSPS) is 12.9. The van der Waals surface area contributed by atoms with Crippen LogP contribution in [0.3, 0.4) is 0 Å². The average molecular weight is 301 g/mol. The number of hydrogen-bond acceptors (Lipinski definition) is 3. The van der Waals surface area contributed by atoms with Gasteiger partial charge in [0.2, 0.25) is 0 Å². The predicted molar refractivity (Wildman–Crippen MR) is 81.0 cm³/mol. The van der Waals surface area contributed by atoms with Crippen LogP contribution in [0.4, 0.5) is 0 Å². The number of amides is 1. The number of aromatic nitrogens is 1. The number of ether oxygens (including phenoxy) is 1. The molecule has 21 heavy (non-hydrogen) atoms. The monoisotopic (exact) mass is 300 g/mol. The largest absolute Gasteiger partial charge is 0.488 e. The van der Waals surface area contributed by atoms with Crippen LogP contribution in [0.2, 0.25) is 5.02 Å². The average Bonchev–Trinajstić information content (AvgIpc) is 2.53. The standard InChI is InChI=1S/C16H13ClN2O2/c17-13-4-5-15-11(8-13)7-12(10-21-15)16(20)19-9-14-3-1-2-6-18-14/h1-8H,9-10H2,(H,19,20). The fraction of sp³-hybridized carbons (Fsp3) is 0.125. The highest BCUT2D eigenvalue weighted by atomic mass is 35.5. The van der Waals surface area contributed by atoms with Gasteiger partial charge in [-0.15, -0.1) is 0 Å². The summed E-state index contributed by atoms with van der Waals surface area (Å²) in [5.74, 6) is 0.576. The minimum atomic E-state index is -0.161. The molecule has 5 heteroatoms. The van der Waals surface area contributed by atoms with Gasteiger partial charge in [-0.3, -0.25) is 9.78 Å². The molecule has 0 spiro atoms. The molecular weight excluding hydrogens is 288 g/mol. The lowest BCUT2D eigenvalue weighted by atomic mass is 10.1. The Hall–Kier alpha value is -2.33. The van der Waals surface area contributed by atoms with E-state index >= 15 is 0 Å². The lowest BCUT2D eigenvalue weighted by Crippen LogP contribution is -2.28. The molecule has 1 aromatic heterocycles. The smallest absolute Gasteiger partial charge is 0.251 e. The van der Waals surface area contributed by atoms with E-state index < -0.39 is 0 Å². The van der Waals surface area contributed by atoms with Crippen molar-refractivity contribution >= 4 is 23.6 Å². The lowest BCUT2D eigenvalue weighted by molar-refractivity contribution is -0.117. The summed E-state index contributed by atoms with van der Waals surface area (Å²) in [6.07, 6.45) is 3.50. The highest BCUT2D eigenvalue weighted by Crippen LogP contribution is 2.28. The molecule has 1 aromatic carbocycles. The zero-order chi connectivity index (χ0) is 14.7. The van der Waals surface area contributed by atoms with Crippen molar-refractivity contribution in [2.24, 2.45) is 0 Å². The van der Waals surface area contributed by atoms with E-state index in [0.29, 0.717) is 17.1 Å². The van der Waals surface area contributed by atoms with Crippen LogP contribution in [0.15, 0.2) is 48.2 Å². The van der Waals surface area contributed by atoms with Crippen LogP contribution >= 0.6 is 11.6 Å². The Labute approximate surface area is 127 Å². The van der Waals surface area contributed by atoms with Crippen LogP contribution < -0.4 is 10.1 Å². The molecule has 1 aliphatic rings. The Morgan fingerprint density at radius 1 is 1.33 bits per heavy atom. The quantitative estimate of drug-likeness (QED) is 0.948. The van der Waals surface area contributed by atoms with Crippen molar-refractivity contribution in [3.05, 3.63) is 64.4 Å². The van der Waals surface area contributed by atoms with Gasteiger partial charge < -0.3 is 10.1 Å². The van der Waals surface area contributed by atoms with Crippen LogP contribution in [0.5, 0.6) is 5.75 Å². The van der Waals surface area contributed by atoms with Crippen molar-refractivity contribution in [1.82, 2.24) is 10.3 Å². The maximum Gasteiger partial charge on any atom is 0.251 e. The zero-order valence-corrected chi connectivity index (χ0v) is 11.9. The highest BCUT2D eigenvalue weighted by molar-refractivity contribution is 6.30. The molecule has 0 bridgehead atoms. The predicted octanol–water partition coefficient (Wildman–Crippen LogP) is 2.83. The molecule has 0 saturated heterocycles. The summed E-state index contributed by atoms with van der Waals surface area (Å²) in [5, 5.41) is 3.45. The molecule has 2 heterocycles. The number of carbonyl (C=O) groups excluding carboxylic acids is 1. The van der Waals surface area contributed by atoms with Crippen molar-refractivity contribution < 1.29 is 9.53 Å². The first-order valence-corrected chi connectivity index (χ1v) is 6.91. The number of halogens is 1. The summed E-state index contributed by atoms with van der Waals surface area (Å²) in [5.41, 5.74) is 2.20. The van der Waals surface area contributed by atoms with Gasteiger partial charge in [-0.2, -0.15) is 0 Å². The minimum absolute atomic E-state index is 0.161. The Kier molecular flexibility index (Phi) is 3.88. The molecule has 3 rings (SSSR count). The van der Waals surface area contributed by atoms with Gasteiger partial charge in [-0.25, -0.2) is 0 Å². The molecule has 106 valence electrons. The summed E-state index contributed by atoms with van der Waals surface area (Å²) < 4.78 is 5.56. The molecular formula is C16H13ClN2O2. The maximum atomic E-state index is 12.1. The fourth-order valence-electron chi connectivity index (χ4n) is 2.07. The van der Waals surface area contributed by atoms with Gasteiger partial charge in [0.15, 0.2) is 0 Å². The van der Waals surface area contributed by atoms with Crippen LogP contribution in [0, 0.1) is 0 Å². The van der Waals surface area contributed by atoms with Gasteiger partial charge in [0.1, 0.15) is 12.4 Å². The third-order valence-electron chi connectivity index (χ3n) is 3.13. The summed E-state index contributed by atoms with van der Waals surface area (Å²) >= 11 is 5.95. The number of carbonyl (C=O) groups is 1. The van der Waals surface area contributed by atoms with Crippen LogP contribution in [0.25, 0.3) is 6.08 Å². The molecule has 1 aliphatic heterocycles. The third-order valence-corrected chi connectivity index (χ3v) is 3.37. The van der Waals surface area contributed by atoms with Gasteiger partial charge in [-0.1, -0.05) is 17.7 Å². The molecule has 2 aromatic rings. The van der Waals surface area contributed by atoms with Crippen molar-refractivity contribution in [2.45, 2.75) is 6.54 Å². The summed E-state index contributed by atoms with van der Waals surface area (Å²) in [4.78, 5) is 16.3. The third kappa shape index (κ3) is 3.23. The topological polar surface area (TPSA) is 51.2 Å². The number of hydrogen-bond donors (Lipinski definition) is 1. The molecule has 0 fully saturated rings. The molecule has 0 radical (unpaired) electrons. The number of benzene rings is 1. The molecule has 0 unspecified atom stereocenters. The van der Waals surface area contributed by atoms with E-state index in [1.807, 2.05) is 18.2 Å². The molecule has 4 nitrogen and oxygen atoms in total. The molecule has 1 N–H and O–H groups in total. The number of nitrogens with zero attached hydrogens (tertiary/aromatic N) is 1. The lowest BCUT2D eigenvalue weighted by Gasteiger charge is -2.17. The van der Waals surface area contributed by atoms with Crippen molar-refractivity contribution in [1.29, 1.82) is 0 Å². The number of nitrogens with one attached hydrogen (secondary N) is 1. The summed E-state index contributed by atoms with van der Waals surface area (Å²) in [6.45, 7) is 0.641. The number of fused-ring (bicyclic) bond motifs is 1. The van der Waals surface area contributed by atoms with E-state index in [4.69, 9.17) is 16.3 Å². The van der Waals surface area contributed by atoms with Gasteiger partial charge in [0.05, 0.1) is 17.8 Å². The van der Waals surface area contributed by atoms with Crippen LogP contribution in [0.1, 0.15) is 11.3 Å². The van der Waals surface area contributed by atoms with Crippen LogP contribution in [-0.4, -0.2) is 17.5 Å². The van der Waals surface area contributed by atoms with E-state index in [2.05, 4.69) is 10.3 Å². The first-order chi connectivity index (χ1) is 10.2. The second-order valence-corrected chi connectivity index (χ2v) is 5.08. The minimum Gasteiger partial charge on any atom is -0.488 e. The van der Waals surface area contributed by atoms with E-state index in [1.165, 1.54) is 0 Å². The van der Waals surface area contributed by atoms with E-state index in [1.54, 1.807) is 30.5 Å². The molecule has 0 aliphatic carbocycles. The number of rotatable bonds is 3. The van der Waals surface area contributed by atoms with Gasteiger partial charge in [0.25, 0.3) is 5.91 Å². The summed E-state index contributed by atoms with van der Waals surface area (Å²) in [6, 6.07) is 10.9. The highest BCUT2D eigenvalue weighted by Gasteiger charge is 2.17. The van der Waals surface area contributed by atoms with Crippen molar-refractivity contribution in [3.8, 4) is 5.75 Å². The van der Waals surface area contributed by atoms with E-state index in [9.17, 15) is 4.79 Å². The Balaban J connectivity index is 1.71. The molecule has 0 saturated carbocycles. The molecule has 1 amide bonds. The Bertz CT molecular complexity index is 699. The molecule has 0 atom stereocenters. The first-order valence-electron chi connectivity index (χ1n) is 6.53. The second kappa shape index (κ2) is 5.97. The zero-order valence-electron chi connectivity index (χ0n) is 11.2. The van der Waals surface area contributed by atoms with Crippen molar-refractivity contribution in [2.75, 3.05) is 6.61 Å². The van der Waals surface area contributed by atoms with Crippen LogP contribution in [-0.2, 0) is 11.3 Å². The van der Waals surface area contributed by atoms with E-state index in [-0.39, 0.29) is 12.5 Å². The first kappa shape index (κ1) is 13.6. The SMILES string of the molecule is O=C(NCc1ccccn1)C1=Cc2cc(Cl)ccc2OC1. The fourth-order valence-corrected chi connectivity index (χ4v) is 2.25. The number of pyridine rings is 1. The Morgan fingerprint density at radius 2 is 2.24 bits per heavy atom. The second-order valence-electron chi connectivity index (χ2n) is 4.64. The van der Waals surface area contributed by atoms with Crippen molar-refractivity contribution in [3.63, 3.8) is 0 Å². The van der Waals surface area contributed by atoms with Gasteiger partial charge in [-0.05, 0) is 36.4 Å². The van der Waals surface area contributed by atoms with E-state index in [0.717, 1.165) is 17.0 Å². The van der Waals surface area contributed by atoms with Gasteiger partial charge in [0, 0.05) is 16.8 Å². The Morgan fingerprint density at radius 3 is 3.05 bits per heavy atom. The van der Waals surface area contributed by atoms with Gasteiger partial charge >= 0.3 is 0 Å². The summed E-state index contributed by atoms with van der Waals surface area (Å²) in [7, 11) is 0.